The van der Waals surface area contributed by atoms with Crippen LogP contribution < -0.4 is 0 Å². The first-order valence-corrected chi connectivity index (χ1v) is 6.32. The third-order valence-corrected chi connectivity index (χ3v) is 2.79. The van der Waals surface area contributed by atoms with Gasteiger partial charge in [0.2, 0.25) is 0 Å². The van der Waals surface area contributed by atoms with Gasteiger partial charge in [-0.25, -0.2) is 9.97 Å². The molecule has 0 bridgehead atoms. The molecular weight excluding hydrogens is 304 g/mol. The van der Waals surface area contributed by atoms with Gasteiger partial charge in [-0.15, -0.1) is 0 Å². The Balaban J connectivity index is 2.61. The maximum Gasteiger partial charge on any atom is 0.411 e. The van der Waals surface area contributed by atoms with Crippen molar-refractivity contribution in [2.45, 2.75) is 32.4 Å². The summed E-state index contributed by atoms with van der Waals surface area (Å²) in [4.78, 5) is 8.00. The Morgan fingerprint density at radius 2 is 1.68 bits per heavy atom. The maximum atomic E-state index is 11.9. The monoisotopic (exact) mass is 316 g/mol. The van der Waals surface area contributed by atoms with E-state index in [-0.39, 0.29) is 35.1 Å². The average Bonchev–Trinajstić information content (AvgIpc) is 2.21. The number of hydrogen-bond acceptors (Lipinski definition) is 3. The molecule has 0 fully saturated rings. The molecule has 108 valence electrons. The Morgan fingerprint density at radius 1 is 1.16 bits per heavy atom. The fourth-order valence-electron chi connectivity index (χ4n) is 1.40. The van der Waals surface area contributed by atoms with Gasteiger partial charge in [0.15, 0.2) is 0 Å². The topological polar surface area (TPSA) is 35.0 Å². The molecule has 19 heavy (non-hydrogen) atoms. The largest absolute Gasteiger partial charge is 0.411 e. The van der Waals surface area contributed by atoms with E-state index in [0.29, 0.717) is 5.56 Å². The molecule has 0 radical (unpaired) electrons. The summed E-state index contributed by atoms with van der Waals surface area (Å²) in [5.41, 5.74) is 0.628. The van der Waals surface area contributed by atoms with Crippen LogP contribution in [0.5, 0.6) is 0 Å². The fraction of sp³-hybridized carbons (Fsp3) is 0.636. The standard InChI is InChI=1S/C11H13Cl2F3N2O/c1-6(2)8-9(12)17-7(18-10(8)13)3-4-19-5-11(14,15)16/h6H,3-5H2,1-2H3. The van der Waals surface area contributed by atoms with Crippen LogP contribution in [-0.2, 0) is 11.2 Å². The molecule has 0 aromatic carbocycles. The molecule has 1 aromatic heterocycles. The van der Waals surface area contributed by atoms with Crippen LogP contribution in [0.15, 0.2) is 0 Å². The van der Waals surface area contributed by atoms with Gasteiger partial charge in [-0.1, -0.05) is 37.0 Å². The van der Waals surface area contributed by atoms with E-state index in [1.54, 1.807) is 0 Å². The van der Waals surface area contributed by atoms with Crippen LogP contribution in [0, 0.1) is 0 Å². The van der Waals surface area contributed by atoms with E-state index in [9.17, 15) is 13.2 Å². The zero-order chi connectivity index (χ0) is 14.6. The minimum absolute atomic E-state index is 0.0653. The van der Waals surface area contributed by atoms with Crippen molar-refractivity contribution in [3.8, 4) is 0 Å². The molecular formula is C11H13Cl2F3N2O. The average molecular weight is 317 g/mol. The molecule has 3 nitrogen and oxygen atoms in total. The quantitative estimate of drug-likeness (QED) is 0.607. The molecule has 1 rings (SSSR count). The Morgan fingerprint density at radius 3 is 2.11 bits per heavy atom. The van der Waals surface area contributed by atoms with Crippen molar-refractivity contribution < 1.29 is 17.9 Å². The van der Waals surface area contributed by atoms with Crippen molar-refractivity contribution in [2.75, 3.05) is 13.2 Å². The number of halogens is 5. The van der Waals surface area contributed by atoms with E-state index in [1.807, 2.05) is 13.8 Å². The SMILES string of the molecule is CC(C)c1c(Cl)nc(CCOCC(F)(F)F)nc1Cl. The predicted molar refractivity (Wildman–Crippen MR) is 66.7 cm³/mol. The van der Waals surface area contributed by atoms with Crippen LogP contribution in [0.25, 0.3) is 0 Å². The Bertz CT molecular complexity index is 415. The minimum Gasteiger partial charge on any atom is -0.372 e. The van der Waals surface area contributed by atoms with E-state index in [0.717, 1.165) is 0 Å². The summed E-state index contributed by atoms with van der Waals surface area (Å²) in [6.45, 7) is 2.34. The maximum absolute atomic E-state index is 11.9. The van der Waals surface area contributed by atoms with Crippen LogP contribution in [0.4, 0.5) is 13.2 Å². The van der Waals surface area contributed by atoms with E-state index < -0.39 is 12.8 Å². The smallest absolute Gasteiger partial charge is 0.372 e. The van der Waals surface area contributed by atoms with Crippen molar-refractivity contribution >= 4 is 23.2 Å². The molecule has 1 heterocycles. The van der Waals surface area contributed by atoms with Gasteiger partial charge in [-0.2, -0.15) is 13.2 Å². The molecule has 0 unspecified atom stereocenters. The number of alkyl halides is 3. The minimum atomic E-state index is -4.34. The molecule has 0 saturated heterocycles. The van der Waals surface area contributed by atoms with Crippen molar-refractivity contribution in [1.82, 2.24) is 9.97 Å². The zero-order valence-electron chi connectivity index (χ0n) is 10.4. The molecule has 8 heteroatoms. The van der Waals surface area contributed by atoms with Crippen LogP contribution >= 0.6 is 23.2 Å². The molecule has 0 N–H and O–H groups in total. The highest BCUT2D eigenvalue weighted by molar-refractivity contribution is 6.34. The van der Waals surface area contributed by atoms with Crippen LogP contribution in [-0.4, -0.2) is 29.4 Å². The van der Waals surface area contributed by atoms with Crippen LogP contribution in [0.1, 0.15) is 31.2 Å². The van der Waals surface area contributed by atoms with Crippen molar-refractivity contribution in [3.63, 3.8) is 0 Å². The second-order valence-corrected chi connectivity index (χ2v) is 4.92. The highest BCUT2D eigenvalue weighted by Gasteiger charge is 2.27. The van der Waals surface area contributed by atoms with Crippen molar-refractivity contribution in [1.29, 1.82) is 0 Å². The van der Waals surface area contributed by atoms with Gasteiger partial charge in [0.05, 0.1) is 6.61 Å². The molecule has 0 aliphatic carbocycles. The summed E-state index contributed by atoms with van der Waals surface area (Å²) < 4.78 is 40.0. The summed E-state index contributed by atoms with van der Waals surface area (Å²) in [6, 6.07) is 0. The van der Waals surface area contributed by atoms with Gasteiger partial charge in [0.25, 0.3) is 0 Å². The predicted octanol–water partition coefficient (Wildman–Crippen LogP) is 4.03. The molecule has 0 aliphatic heterocycles. The lowest BCUT2D eigenvalue weighted by molar-refractivity contribution is -0.173. The van der Waals surface area contributed by atoms with Crippen LogP contribution in [0.3, 0.4) is 0 Å². The van der Waals surface area contributed by atoms with Gasteiger partial charge in [-0.3, -0.25) is 0 Å². The van der Waals surface area contributed by atoms with E-state index in [1.165, 1.54) is 0 Å². The first kappa shape index (κ1) is 16.5. The summed E-state index contributed by atoms with van der Waals surface area (Å²) >= 11 is 11.9. The number of rotatable bonds is 5. The highest BCUT2D eigenvalue weighted by atomic mass is 35.5. The van der Waals surface area contributed by atoms with E-state index in [4.69, 9.17) is 23.2 Å². The van der Waals surface area contributed by atoms with Gasteiger partial charge >= 0.3 is 6.18 Å². The Hall–Kier alpha value is -0.590. The molecule has 0 amide bonds. The van der Waals surface area contributed by atoms with Gasteiger partial charge in [-0.05, 0) is 5.92 Å². The summed E-state index contributed by atoms with van der Waals surface area (Å²) in [7, 11) is 0. The summed E-state index contributed by atoms with van der Waals surface area (Å²) in [5, 5.41) is 0.446. The fourth-order valence-corrected chi connectivity index (χ4v) is 2.26. The lowest BCUT2D eigenvalue weighted by Gasteiger charge is -2.11. The summed E-state index contributed by atoms with van der Waals surface area (Å²) in [6.07, 6.45) is -4.22. The molecule has 0 spiro atoms. The third-order valence-electron chi connectivity index (χ3n) is 2.21. The van der Waals surface area contributed by atoms with Gasteiger partial charge < -0.3 is 4.74 Å². The number of nitrogens with zero attached hydrogens (tertiary/aromatic N) is 2. The lowest BCUT2D eigenvalue weighted by atomic mass is 10.1. The molecule has 1 aromatic rings. The highest BCUT2D eigenvalue weighted by Crippen LogP contribution is 2.28. The van der Waals surface area contributed by atoms with Gasteiger partial charge in [0.1, 0.15) is 22.7 Å². The number of hydrogen-bond donors (Lipinski definition) is 0. The number of aromatic nitrogens is 2. The second-order valence-electron chi connectivity index (χ2n) is 4.21. The Kier molecular flexibility index (Phi) is 5.82. The normalized spacial score (nSPS) is 12.2. The zero-order valence-corrected chi connectivity index (χ0v) is 11.9. The van der Waals surface area contributed by atoms with Crippen molar-refractivity contribution in [3.05, 3.63) is 21.7 Å². The summed E-state index contributed by atoms with van der Waals surface area (Å²) in [5.74, 6) is 0.331. The first-order chi connectivity index (χ1) is 8.70. The molecule has 0 aliphatic rings. The number of ether oxygens (including phenoxy) is 1. The van der Waals surface area contributed by atoms with E-state index in [2.05, 4.69) is 14.7 Å². The molecule has 0 saturated carbocycles. The molecule has 0 atom stereocenters. The second kappa shape index (κ2) is 6.72. The van der Waals surface area contributed by atoms with Crippen molar-refractivity contribution in [2.24, 2.45) is 0 Å². The first-order valence-electron chi connectivity index (χ1n) is 5.57. The third kappa shape index (κ3) is 5.50. The van der Waals surface area contributed by atoms with Gasteiger partial charge in [0, 0.05) is 12.0 Å². The van der Waals surface area contributed by atoms with E-state index >= 15 is 0 Å². The lowest BCUT2D eigenvalue weighted by Crippen LogP contribution is -2.18. The van der Waals surface area contributed by atoms with Crippen LogP contribution in [0.2, 0.25) is 10.3 Å². The Labute approximate surface area is 119 Å².